The minimum atomic E-state index is -0.509. The van der Waals surface area contributed by atoms with Crippen molar-refractivity contribution in [2.45, 2.75) is 19.4 Å². The van der Waals surface area contributed by atoms with Crippen LogP contribution in [-0.4, -0.2) is 47.1 Å². The molecule has 0 radical (unpaired) electrons. The van der Waals surface area contributed by atoms with Crippen LogP contribution in [0.1, 0.15) is 23.7 Å². The van der Waals surface area contributed by atoms with Crippen molar-refractivity contribution in [2.75, 3.05) is 25.5 Å². The number of carbonyl (C=O) groups is 1. The first kappa shape index (κ1) is 15.2. The lowest BCUT2D eigenvalue weighted by molar-refractivity contribution is -0.384. The standard InChI is InChI=1S/C14H19N3O4/c1-9-8-16(7-6-12(9)18)14(19)10-4-3-5-11(17(20)21)13(10)15-2/h3-5,9,12,15,18H,6-8H2,1-2H3. The number of carbonyl (C=O) groups excluding carboxylic acids is 1. The molecule has 0 bridgehead atoms. The lowest BCUT2D eigenvalue weighted by Gasteiger charge is -2.34. The van der Waals surface area contributed by atoms with Gasteiger partial charge in [-0.3, -0.25) is 14.9 Å². The zero-order valence-corrected chi connectivity index (χ0v) is 12.1. The van der Waals surface area contributed by atoms with Crippen LogP contribution in [-0.2, 0) is 0 Å². The maximum Gasteiger partial charge on any atom is 0.293 e. The molecule has 1 aliphatic rings. The largest absolute Gasteiger partial charge is 0.393 e. The molecule has 1 saturated heterocycles. The number of benzene rings is 1. The van der Waals surface area contributed by atoms with Crippen LogP contribution >= 0.6 is 0 Å². The van der Waals surface area contributed by atoms with Gasteiger partial charge in [0.1, 0.15) is 5.69 Å². The Morgan fingerprint density at radius 1 is 1.52 bits per heavy atom. The third-order valence-corrected chi connectivity index (χ3v) is 3.87. The van der Waals surface area contributed by atoms with Gasteiger partial charge in [0.15, 0.2) is 0 Å². The Hall–Kier alpha value is -2.15. The summed E-state index contributed by atoms with van der Waals surface area (Å²) in [6, 6.07) is 4.45. The summed E-state index contributed by atoms with van der Waals surface area (Å²) in [7, 11) is 1.56. The SMILES string of the molecule is CNc1c(C(=O)N2CCC(O)C(C)C2)cccc1[N+](=O)[O-]. The average Bonchev–Trinajstić information content (AvgIpc) is 2.48. The number of piperidine rings is 1. The van der Waals surface area contributed by atoms with Crippen LogP contribution in [0.2, 0.25) is 0 Å². The van der Waals surface area contributed by atoms with Crippen LogP contribution in [0, 0.1) is 16.0 Å². The highest BCUT2D eigenvalue weighted by Gasteiger charge is 2.30. The highest BCUT2D eigenvalue weighted by molar-refractivity contribution is 6.01. The zero-order valence-electron chi connectivity index (χ0n) is 12.1. The molecule has 2 unspecified atom stereocenters. The molecule has 7 nitrogen and oxygen atoms in total. The second-order valence-corrected chi connectivity index (χ2v) is 5.29. The van der Waals surface area contributed by atoms with Crippen LogP contribution in [0.15, 0.2) is 18.2 Å². The second-order valence-electron chi connectivity index (χ2n) is 5.29. The molecule has 1 heterocycles. The number of hydrogen-bond donors (Lipinski definition) is 2. The van der Waals surface area contributed by atoms with Gasteiger partial charge >= 0.3 is 0 Å². The monoisotopic (exact) mass is 293 g/mol. The fourth-order valence-corrected chi connectivity index (χ4v) is 2.62. The smallest absolute Gasteiger partial charge is 0.293 e. The van der Waals surface area contributed by atoms with Crippen molar-refractivity contribution < 1.29 is 14.8 Å². The number of likely N-dealkylation sites (tertiary alicyclic amines) is 1. The molecule has 2 N–H and O–H groups in total. The van der Waals surface area contributed by atoms with Crippen LogP contribution in [0.5, 0.6) is 0 Å². The van der Waals surface area contributed by atoms with Crippen molar-refractivity contribution in [3.05, 3.63) is 33.9 Å². The Balaban J connectivity index is 2.31. The average molecular weight is 293 g/mol. The maximum absolute atomic E-state index is 12.6. The van der Waals surface area contributed by atoms with E-state index in [0.717, 1.165) is 0 Å². The minimum Gasteiger partial charge on any atom is -0.393 e. The summed E-state index contributed by atoms with van der Waals surface area (Å²) in [4.78, 5) is 24.8. The van der Waals surface area contributed by atoms with Crippen LogP contribution < -0.4 is 5.32 Å². The van der Waals surface area contributed by atoms with Gasteiger partial charge in [-0.05, 0) is 18.4 Å². The molecule has 0 saturated carbocycles. The fourth-order valence-electron chi connectivity index (χ4n) is 2.62. The lowest BCUT2D eigenvalue weighted by atomic mass is 9.96. The Kier molecular flexibility index (Phi) is 4.42. The summed E-state index contributed by atoms with van der Waals surface area (Å²) in [6.07, 6.45) is 0.124. The third-order valence-electron chi connectivity index (χ3n) is 3.87. The number of nitrogens with zero attached hydrogens (tertiary/aromatic N) is 2. The number of amides is 1. The van der Waals surface area contributed by atoms with Gasteiger partial charge in [0, 0.05) is 26.2 Å². The number of nitrogens with one attached hydrogen (secondary N) is 1. The predicted molar refractivity (Wildman–Crippen MR) is 78.3 cm³/mol. The van der Waals surface area contributed by atoms with Gasteiger partial charge in [-0.1, -0.05) is 13.0 Å². The fraction of sp³-hybridized carbons (Fsp3) is 0.500. The van der Waals surface area contributed by atoms with Gasteiger partial charge in [0.25, 0.3) is 11.6 Å². The summed E-state index contributed by atoms with van der Waals surface area (Å²) in [5.74, 6) is -0.249. The van der Waals surface area contributed by atoms with Gasteiger partial charge < -0.3 is 15.3 Å². The molecule has 1 amide bonds. The van der Waals surface area contributed by atoms with Crippen molar-refractivity contribution >= 4 is 17.3 Å². The van der Waals surface area contributed by atoms with Crippen molar-refractivity contribution in [1.29, 1.82) is 0 Å². The number of hydrogen-bond acceptors (Lipinski definition) is 5. The van der Waals surface area contributed by atoms with Gasteiger partial charge in [0.2, 0.25) is 0 Å². The Morgan fingerprint density at radius 3 is 2.81 bits per heavy atom. The van der Waals surface area contributed by atoms with Crippen molar-refractivity contribution in [3.63, 3.8) is 0 Å². The highest BCUT2D eigenvalue weighted by atomic mass is 16.6. The van der Waals surface area contributed by atoms with Crippen LogP contribution in [0.3, 0.4) is 0 Å². The van der Waals surface area contributed by atoms with Crippen molar-refractivity contribution in [3.8, 4) is 0 Å². The van der Waals surface area contributed by atoms with E-state index < -0.39 is 11.0 Å². The van der Waals surface area contributed by atoms with E-state index in [1.54, 1.807) is 18.0 Å². The van der Waals surface area contributed by atoms with Crippen molar-refractivity contribution in [2.24, 2.45) is 5.92 Å². The highest BCUT2D eigenvalue weighted by Crippen LogP contribution is 2.29. The molecule has 7 heteroatoms. The predicted octanol–water partition coefficient (Wildman–Crippen LogP) is 1.48. The van der Waals surface area contributed by atoms with Gasteiger partial charge in [-0.2, -0.15) is 0 Å². The Morgan fingerprint density at radius 2 is 2.24 bits per heavy atom. The van der Waals surface area contributed by atoms with E-state index >= 15 is 0 Å². The maximum atomic E-state index is 12.6. The van der Waals surface area contributed by atoms with E-state index in [-0.39, 0.29) is 28.8 Å². The van der Waals surface area contributed by atoms with E-state index in [0.29, 0.717) is 19.5 Å². The molecular formula is C14H19N3O4. The first-order valence-electron chi connectivity index (χ1n) is 6.88. The van der Waals surface area contributed by atoms with Gasteiger partial charge in [0.05, 0.1) is 16.6 Å². The molecular weight excluding hydrogens is 274 g/mol. The number of anilines is 1. The molecule has 1 aromatic carbocycles. The van der Waals surface area contributed by atoms with E-state index in [2.05, 4.69) is 5.32 Å². The molecule has 1 fully saturated rings. The molecule has 1 aromatic rings. The molecule has 0 spiro atoms. The first-order chi connectivity index (χ1) is 9.95. The summed E-state index contributed by atoms with van der Waals surface area (Å²) < 4.78 is 0. The molecule has 1 aliphatic heterocycles. The topological polar surface area (TPSA) is 95.7 Å². The number of para-hydroxylation sites is 1. The summed E-state index contributed by atoms with van der Waals surface area (Å²) >= 11 is 0. The lowest BCUT2D eigenvalue weighted by Crippen LogP contribution is -2.45. The van der Waals surface area contributed by atoms with Gasteiger partial charge in [-0.15, -0.1) is 0 Å². The summed E-state index contributed by atoms with van der Waals surface area (Å²) in [5.41, 5.74) is 0.398. The normalized spacial score (nSPS) is 22.0. The Labute approximate surface area is 122 Å². The molecule has 0 aromatic heterocycles. The molecule has 21 heavy (non-hydrogen) atoms. The molecule has 2 atom stereocenters. The minimum absolute atomic E-state index is 0.000524. The zero-order chi connectivity index (χ0) is 15.6. The first-order valence-corrected chi connectivity index (χ1v) is 6.88. The van der Waals surface area contributed by atoms with Gasteiger partial charge in [-0.25, -0.2) is 0 Å². The summed E-state index contributed by atoms with van der Waals surface area (Å²) in [5, 5.41) is 23.5. The van der Waals surface area contributed by atoms with E-state index in [1.165, 1.54) is 12.1 Å². The van der Waals surface area contributed by atoms with E-state index in [9.17, 15) is 20.0 Å². The van der Waals surface area contributed by atoms with Crippen LogP contribution in [0.4, 0.5) is 11.4 Å². The molecule has 114 valence electrons. The Bertz CT molecular complexity index is 561. The third kappa shape index (κ3) is 2.97. The quantitative estimate of drug-likeness (QED) is 0.650. The number of nitro benzene ring substituents is 1. The molecule has 0 aliphatic carbocycles. The number of rotatable bonds is 3. The van der Waals surface area contributed by atoms with Crippen molar-refractivity contribution in [1.82, 2.24) is 4.90 Å². The number of nitro groups is 1. The second kappa shape index (κ2) is 6.09. The molecule has 2 rings (SSSR count). The summed E-state index contributed by atoms with van der Waals surface area (Å²) in [6.45, 7) is 2.79. The number of aliphatic hydroxyl groups excluding tert-OH is 1. The van der Waals surface area contributed by atoms with Crippen LogP contribution in [0.25, 0.3) is 0 Å². The number of aliphatic hydroxyl groups is 1. The van der Waals surface area contributed by atoms with E-state index in [4.69, 9.17) is 0 Å². The van der Waals surface area contributed by atoms with E-state index in [1.807, 2.05) is 6.92 Å².